The molecule has 0 aromatic heterocycles. The molecule has 1 amide bonds. The summed E-state index contributed by atoms with van der Waals surface area (Å²) in [5.41, 5.74) is 1.98. The Morgan fingerprint density at radius 3 is 2.42 bits per heavy atom. The Kier molecular flexibility index (Phi) is 5.54. The van der Waals surface area contributed by atoms with Gasteiger partial charge in [0, 0.05) is 6.54 Å². The molecular weight excluding hydrogens is 350 g/mol. The van der Waals surface area contributed by atoms with Crippen LogP contribution < -0.4 is 5.32 Å². The van der Waals surface area contributed by atoms with Crippen molar-refractivity contribution in [2.75, 3.05) is 5.75 Å². The summed E-state index contributed by atoms with van der Waals surface area (Å²) in [5.74, 6) is -0.463. The molecule has 26 heavy (non-hydrogen) atoms. The second kappa shape index (κ2) is 7.85. The third-order valence-corrected chi connectivity index (χ3v) is 5.91. The standard InChI is InChI=1S/C20H21NO4S/c1-15-7-10-18(11-8-15)26(23,24)14-17-9-12-19(25-17)20(22)21-13-16-5-3-2-4-6-16/h2-12,17,19H,13-14H2,1H3,(H,21,22)/t17-,19+/m0/s1. The Labute approximate surface area is 153 Å². The van der Waals surface area contributed by atoms with Crippen LogP contribution in [0.4, 0.5) is 0 Å². The van der Waals surface area contributed by atoms with Crippen LogP contribution in [-0.4, -0.2) is 32.3 Å². The van der Waals surface area contributed by atoms with Crippen LogP contribution in [0.15, 0.2) is 71.6 Å². The molecule has 0 fully saturated rings. The average Bonchev–Trinajstić information content (AvgIpc) is 3.09. The molecule has 2 aromatic rings. The first-order chi connectivity index (χ1) is 12.4. The number of rotatable bonds is 6. The number of ether oxygens (including phenoxy) is 1. The number of aryl methyl sites for hydroxylation is 1. The van der Waals surface area contributed by atoms with Gasteiger partial charge in [-0.05, 0) is 30.7 Å². The van der Waals surface area contributed by atoms with Gasteiger partial charge < -0.3 is 10.1 Å². The summed E-state index contributed by atoms with van der Waals surface area (Å²) in [5, 5.41) is 2.80. The summed E-state index contributed by atoms with van der Waals surface area (Å²) in [6, 6.07) is 16.3. The van der Waals surface area contributed by atoms with Crippen LogP contribution in [0.1, 0.15) is 11.1 Å². The van der Waals surface area contributed by atoms with Gasteiger partial charge in [-0.2, -0.15) is 0 Å². The Balaban J connectivity index is 1.54. The molecule has 3 rings (SSSR count). The van der Waals surface area contributed by atoms with E-state index in [9.17, 15) is 13.2 Å². The van der Waals surface area contributed by atoms with Crippen LogP contribution in [-0.2, 0) is 25.9 Å². The summed E-state index contributed by atoms with van der Waals surface area (Å²) < 4.78 is 30.5. The molecular formula is C20H21NO4S. The number of benzene rings is 2. The normalized spacial score (nSPS) is 19.4. The first kappa shape index (κ1) is 18.4. The highest BCUT2D eigenvalue weighted by Crippen LogP contribution is 2.19. The topological polar surface area (TPSA) is 72.5 Å². The molecule has 2 aromatic carbocycles. The first-order valence-corrected chi connectivity index (χ1v) is 10.0. The van der Waals surface area contributed by atoms with E-state index in [4.69, 9.17) is 4.74 Å². The van der Waals surface area contributed by atoms with Crippen molar-refractivity contribution >= 4 is 15.7 Å². The number of carbonyl (C=O) groups excluding carboxylic acids is 1. The average molecular weight is 371 g/mol. The van der Waals surface area contributed by atoms with Crippen molar-refractivity contribution in [2.24, 2.45) is 0 Å². The van der Waals surface area contributed by atoms with E-state index >= 15 is 0 Å². The fourth-order valence-electron chi connectivity index (χ4n) is 2.69. The molecule has 0 bridgehead atoms. The van der Waals surface area contributed by atoms with Crippen LogP contribution in [0.25, 0.3) is 0 Å². The Bertz CT molecular complexity index is 889. The van der Waals surface area contributed by atoms with Crippen LogP contribution in [0.2, 0.25) is 0 Å². The predicted octanol–water partition coefficient (Wildman–Crippen LogP) is 2.41. The zero-order chi connectivity index (χ0) is 18.6. The SMILES string of the molecule is Cc1ccc(S(=O)(=O)C[C@@H]2C=C[C@H](C(=O)NCc3ccccc3)O2)cc1. The van der Waals surface area contributed by atoms with E-state index in [0.717, 1.165) is 11.1 Å². The minimum atomic E-state index is -3.47. The van der Waals surface area contributed by atoms with Crippen LogP contribution in [0.3, 0.4) is 0 Å². The third-order valence-electron chi connectivity index (χ3n) is 4.15. The summed E-state index contributed by atoms with van der Waals surface area (Å²) in [6.45, 7) is 2.30. The largest absolute Gasteiger partial charge is 0.356 e. The van der Waals surface area contributed by atoms with Gasteiger partial charge in [0.05, 0.1) is 16.8 Å². The third kappa shape index (κ3) is 4.59. The van der Waals surface area contributed by atoms with E-state index < -0.39 is 22.0 Å². The lowest BCUT2D eigenvalue weighted by molar-refractivity contribution is -0.130. The number of sulfone groups is 1. The lowest BCUT2D eigenvalue weighted by Crippen LogP contribution is -2.35. The minimum Gasteiger partial charge on any atom is -0.356 e. The Hall–Kier alpha value is -2.44. The highest BCUT2D eigenvalue weighted by Gasteiger charge is 2.29. The maximum Gasteiger partial charge on any atom is 0.253 e. The molecule has 0 spiro atoms. The molecule has 136 valence electrons. The number of hydrogen-bond donors (Lipinski definition) is 1. The van der Waals surface area contributed by atoms with Gasteiger partial charge >= 0.3 is 0 Å². The monoisotopic (exact) mass is 371 g/mol. The Morgan fingerprint density at radius 2 is 1.73 bits per heavy atom. The second-order valence-corrected chi connectivity index (χ2v) is 8.31. The molecule has 6 heteroatoms. The molecule has 2 atom stereocenters. The molecule has 0 unspecified atom stereocenters. The van der Waals surface area contributed by atoms with Crippen molar-refractivity contribution in [2.45, 2.75) is 30.6 Å². The van der Waals surface area contributed by atoms with Crippen molar-refractivity contribution in [3.8, 4) is 0 Å². The van der Waals surface area contributed by atoms with Crippen molar-refractivity contribution in [3.63, 3.8) is 0 Å². The first-order valence-electron chi connectivity index (χ1n) is 8.39. The molecule has 1 N–H and O–H groups in total. The summed E-state index contributed by atoms with van der Waals surface area (Å²) in [6.07, 6.45) is 1.85. The van der Waals surface area contributed by atoms with Crippen molar-refractivity contribution in [1.82, 2.24) is 5.32 Å². The lowest BCUT2D eigenvalue weighted by atomic mass is 10.2. The van der Waals surface area contributed by atoms with Gasteiger partial charge in [0.15, 0.2) is 15.9 Å². The summed E-state index contributed by atoms with van der Waals surface area (Å²) in [4.78, 5) is 12.5. The molecule has 0 aliphatic carbocycles. The van der Waals surface area contributed by atoms with Gasteiger partial charge in [0.2, 0.25) is 0 Å². The molecule has 1 aliphatic rings. The molecule has 0 saturated heterocycles. The van der Waals surface area contributed by atoms with E-state index in [1.165, 1.54) is 0 Å². The highest BCUT2D eigenvalue weighted by atomic mass is 32.2. The minimum absolute atomic E-state index is 0.185. The van der Waals surface area contributed by atoms with Crippen LogP contribution >= 0.6 is 0 Å². The predicted molar refractivity (Wildman–Crippen MR) is 99.3 cm³/mol. The quantitative estimate of drug-likeness (QED) is 0.792. The fourth-order valence-corrected chi connectivity index (χ4v) is 4.06. The summed E-state index contributed by atoms with van der Waals surface area (Å²) >= 11 is 0. The van der Waals surface area contributed by atoms with Gasteiger partial charge in [-0.15, -0.1) is 0 Å². The molecule has 1 heterocycles. The van der Waals surface area contributed by atoms with Gasteiger partial charge in [0.1, 0.15) is 0 Å². The molecule has 0 saturated carbocycles. The number of amides is 1. The van der Waals surface area contributed by atoms with Crippen LogP contribution in [0, 0.1) is 6.92 Å². The van der Waals surface area contributed by atoms with Crippen molar-refractivity contribution in [1.29, 1.82) is 0 Å². The van der Waals surface area contributed by atoms with Gasteiger partial charge in [-0.1, -0.05) is 54.1 Å². The molecule has 5 nitrogen and oxygen atoms in total. The van der Waals surface area contributed by atoms with Gasteiger partial charge in [-0.3, -0.25) is 4.79 Å². The number of hydrogen-bond acceptors (Lipinski definition) is 4. The number of carbonyl (C=O) groups is 1. The van der Waals surface area contributed by atoms with E-state index in [1.54, 1.807) is 36.4 Å². The van der Waals surface area contributed by atoms with E-state index in [1.807, 2.05) is 37.3 Å². The highest BCUT2D eigenvalue weighted by molar-refractivity contribution is 7.91. The maximum atomic E-state index is 12.5. The second-order valence-electron chi connectivity index (χ2n) is 6.28. The van der Waals surface area contributed by atoms with E-state index in [2.05, 4.69) is 5.32 Å². The molecule has 1 aliphatic heterocycles. The maximum absolute atomic E-state index is 12.5. The van der Waals surface area contributed by atoms with Crippen molar-refractivity contribution < 1.29 is 17.9 Å². The zero-order valence-corrected chi connectivity index (χ0v) is 15.3. The van der Waals surface area contributed by atoms with Gasteiger partial charge in [0.25, 0.3) is 5.91 Å². The molecule has 0 radical (unpaired) electrons. The Morgan fingerprint density at radius 1 is 1.04 bits per heavy atom. The zero-order valence-electron chi connectivity index (χ0n) is 14.5. The van der Waals surface area contributed by atoms with Crippen LogP contribution in [0.5, 0.6) is 0 Å². The van der Waals surface area contributed by atoms with E-state index in [-0.39, 0.29) is 16.6 Å². The van der Waals surface area contributed by atoms with Crippen molar-refractivity contribution in [3.05, 3.63) is 77.9 Å². The lowest BCUT2D eigenvalue weighted by Gasteiger charge is -2.14. The smallest absolute Gasteiger partial charge is 0.253 e. The summed E-state index contributed by atoms with van der Waals surface area (Å²) in [7, 11) is -3.47. The van der Waals surface area contributed by atoms with Gasteiger partial charge in [-0.25, -0.2) is 8.42 Å². The van der Waals surface area contributed by atoms with E-state index in [0.29, 0.717) is 6.54 Å². The fraction of sp³-hybridized carbons (Fsp3) is 0.250. The number of nitrogens with one attached hydrogen (secondary N) is 1.